The molecule has 1 fully saturated rings. The second-order valence-corrected chi connectivity index (χ2v) is 8.27. The SMILES string of the molecule is Cn1cc(C(=O)NCC2CCCCN2Cc2ccccc2)c(-c2ccccc2Cl)n1. The molecule has 5 nitrogen and oxygen atoms in total. The summed E-state index contributed by atoms with van der Waals surface area (Å²) in [7, 11) is 1.82. The Hall–Kier alpha value is -2.63. The molecule has 1 aliphatic rings. The van der Waals surface area contributed by atoms with Crippen LogP contribution in [0, 0.1) is 0 Å². The van der Waals surface area contributed by atoms with E-state index < -0.39 is 0 Å². The van der Waals surface area contributed by atoms with Gasteiger partial charge in [0.1, 0.15) is 5.69 Å². The normalized spacial score (nSPS) is 17.1. The standard InChI is InChI=1S/C24H27ClN4O/c1-28-17-21(23(27-28)20-12-5-6-13-22(20)25)24(30)26-15-19-11-7-8-14-29(19)16-18-9-3-2-4-10-18/h2-6,9-10,12-13,17,19H,7-8,11,14-16H2,1H3,(H,26,30). The number of hydrogen-bond acceptors (Lipinski definition) is 3. The van der Waals surface area contributed by atoms with Crippen LogP contribution in [0.25, 0.3) is 11.3 Å². The molecule has 1 saturated heterocycles. The van der Waals surface area contributed by atoms with Crippen LogP contribution in [0.5, 0.6) is 0 Å². The van der Waals surface area contributed by atoms with Gasteiger partial charge in [-0.2, -0.15) is 5.10 Å². The molecular formula is C24H27ClN4O. The number of nitrogens with one attached hydrogen (secondary N) is 1. The maximum absolute atomic E-state index is 13.0. The Morgan fingerprint density at radius 2 is 1.90 bits per heavy atom. The Morgan fingerprint density at radius 1 is 1.13 bits per heavy atom. The van der Waals surface area contributed by atoms with Crippen LogP contribution >= 0.6 is 11.6 Å². The maximum atomic E-state index is 13.0. The van der Waals surface area contributed by atoms with Gasteiger partial charge >= 0.3 is 0 Å². The second kappa shape index (κ2) is 9.45. The zero-order chi connectivity index (χ0) is 20.9. The van der Waals surface area contributed by atoms with Gasteiger partial charge in [0.2, 0.25) is 0 Å². The lowest BCUT2D eigenvalue weighted by Gasteiger charge is -2.35. The van der Waals surface area contributed by atoms with E-state index in [1.54, 1.807) is 10.9 Å². The molecule has 1 aliphatic heterocycles. The number of carbonyl (C=O) groups is 1. The molecule has 2 heterocycles. The summed E-state index contributed by atoms with van der Waals surface area (Å²) in [4.78, 5) is 15.5. The number of piperidine rings is 1. The number of aromatic nitrogens is 2. The van der Waals surface area contributed by atoms with Gasteiger partial charge in [-0.25, -0.2) is 0 Å². The molecule has 3 aromatic rings. The molecule has 1 N–H and O–H groups in total. The molecule has 6 heteroatoms. The quantitative estimate of drug-likeness (QED) is 0.635. The predicted octanol–water partition coefficient (Wildman–Crippen LogP) is 4.53. The fourth-order valence-corrected chi connectivity index (χ4v) is 4.36. The van der Waals surface area contributed by atoms with Crippen molar-refractivity contribution in [3.63, 3.8) is 0 Å². The topological polar surface area (TPSA) is 50.2 Å². The van der Waals surface area contributed by atoms with E-state index >= 15 is 0 Å². The summed E-state index contributed by atoms with van der Waals surface area (Å²) < 4.78 is 1.66. The largest absolute Gasteiger partial charge is 0.350 e. The number of halogens is 1. The summed E-state index contributed by atoms with van der Waals surface area (Å²) in [6.45, 7) is 2.61. The number of hydrogen-bond donors (Lipinski definition) is 1. The van der Waals surface area contributed by atoms with Crippen LogP contribution in [0.2, 0.25) is 5.02 Å². The van der Waals surface area contributed by atoms with Crippen molar-refractivity contribution in [1.29, 1.82) is 0 Å². The third-order valence-electron chi connectivity index (χ3n) is 5.68. The van der Waals surface area contributed by atoms with Gasteiger partial charge in [0, 0.05) is 37.9 Å². The monoisotopic (exact) mass is 422 g/mol. The van der Waals surface area contributed by atoms with Gasteiger partial charge in [-0.15, -0.1) is 0 Å². The van der Waals surface area contributed by atoms with Gasteiger partial charge in [0.15, 0.2) is 0 Å². The Morgan fingerprint density at radius 3 is 2.70 bits per heavy atom. The van der Waals surface area contributed by atoms with Crippen molar-refractivity contribution in [3.05, 3.63) is 76.9 Å². The number of carbonyl (C=O) groups excluding carboxylic acids is 1. The summed E-state index contributed by atoms with van der Waals surface area (Å²) >= 11 is 6.35. The van der Waals surface area contributed by atoms with Gasteiger partial charge in [0.25, 0.3) is 5.91 Å². The number of benzene rings is 2. The van der Waals surface area contributed by atoms with E-state index in [4.69, 9.17) is 11.6 Å². The van der Waals surface area contributed by atoms with Crippen LogP contribution in [0.3, 0.4) is 0 Å². The predicted molar refractivity (Wildman–Crippen MR) is 120 cm³/mol. The minimum absolute atomic E-state index is 0.108. The number of aryl methyl sites for hydroxylation is 1. The smallest absolute Gasteiger partial charge is 0.255 e. The van der Waals surface area contributed by atoms with E-state index in [0.717, 1.165) is 25.1 Å². The van der Waals surface area contributed by atoms with Gasteiger partial charge in [-0.1, -0.05) is 66.6 Å². The van der Waals surface area contributed by atoms with E-state index in [-0.39, 0.29) is 5.91 Å². The molecule has 1 atom stereocenters. The molecule has 0 saturated carbocycles. The lowest BCUT2D eigenvalue weighted by Crippen LogP contribution is -2.46. The van der Waals surface area contributed by atoms with Crippen molar-refractivity contribution < 1.29 is 4.79 Å². The lowest BCUT2D eigenvalue weighted by molar-refractivity contribution is 0.0908. The van der Waals surface area contributed by atoms with E-state index in [9.17, 15) is 4.79 Å². The first-order valence-electron chi connectivity index (χ1n) is 10.5. The summed E-state index contributed by atoms with van der Waals surface area (Å²) in [6, 6.07) is 18.3. The van der Waals surface area contributed by atoms with Crippen molar-refractivity contribution in [2.24, 2.45) is 7.05 Å². The van der Waals surface area contributed by atoms with Crippen LogP contribution in [-0.4, -0.2) is 39.7 Å². The highest BCUT2D eigenvalue weighted by atomic mass is 35.5. The summed E-state index contributed by atoms with van der Waals surface area (Å²) in [6.07, 6.45) is 5.26. The maximum Gasteiger partial charge on any atom is 0.255 e. The summed E-state index contributed by atoms with van der Waals surface area (Å²) in [5.74, 6) is -0.108. The van der Waals surface area contributed by atoms with E-state index in [0.29, 0.717) is 28.9 Å². The highest BCUT2D eigenvalue weighted by molar-refractivity contribution is 6.33. The van der Waals surface area contributed by atoms with Crippen LogP contribution in [0.15, 0.2) is 60.8 Å². The highest BCUT2D eigenvalue weighted by Gasteiger charge is 2.24. The minimum atomic E-state index is -0.108. The molecule has 4 rings (SSSR count). The van der Waals surface area contributed by atoms with Crippen molar-refractivity contribution in [2.45, 2.75) is 31.8 Å². The van der Waals surface area contributed by atoms with Crippen molar-refractivity contribution in [2.75, 3.05) is 13.1 Å². The van der Waals surface area contributed by atoms with Crippen LogP contribution in [0.4, 0.5) is 0 Å². The molecule has 1 aromatic heterocycles. The Bertz CT molecular complexity index is 1000. The lowest BCUT2D eigenvalue weighted by atomic mass is 10.0. The first-order valence-corrected chi connectivity index (χ1v) is 10.8. The van der Waals surface area contributed by atoms with Crippen LogP contribution in [-0.2, 0) is 13.6 Å². The Labute approximate surface area is 182 Å². The van der Waals surface area contributed by atoms with E-state index in [1.165, 1.54) is 18.4 Å². The minimum Gasteiger partial charge on any atom is -0.350 e. The second-order valence-electron chi connectivity index (χ2n) is 7.86. The average Bonchev–Trinajstić information content (AvgIpc) is 3.15. The molecular weight excluding hydrogens is 396 g/mol. The molecule has 0 aliphatic carbocycles. The van der Waals surface area contributed by atoms with Crippen molar-refractivity contribution in [3.8, 4) is 11.3 Å². The molecule has 0 spiro atoms. The molecule has 30 heavy (non-hydrogen) atoms. The molecule has 1 unspecified atom stereocenters. The third kappa shape index (κ3) is 4.74. The van der Waals surface area contributed by atoms with Gasteiger partial charge < -0.3 is 5.32 Å². The van der Waals surface area contributed by atoms with Gasteiger partial charge in [-0.3, -0.25) is 14.4 Å². The Kier molecular flexibility index (Phi) is 6.50. The fourth-order valence-electron chi connectivity index (χ4n) is 4.13. The zero-order valence-corrected chi connectivity index (χ0v) is 18.0. The van der Waals surface area contributed by atoms with Gasteiger partial charge in [-0.05, 0) is 31.0 Å². The number of amides is 1. The number of likely N-dealkylation sites (tertiary alicyclic amines) is 1. The average molecular weight is 423 g/mol. The summed E-state index contributed by atoms with van der Waals surface area (Å²) in [5.41, 5.74) is 3.25. The van der Waals surface area contributed by atoms with Crippen molar-refractivity contribution >= 4 is 17.5 Å². The number of nitrogens with zero attached hydrogens (tertiary/aromatic N) is 3. The van der Waals surface area contributed by atoms with E-state index in [2.05, 4.69) is 39.6 Å². The Balaban J connectivity index is 1.46. The third-order valence-corrected chi connectivity index (χ3v) is 6.01. The molecule has 156 valence electrons. The van der Waals surface area contributed by atoms with Crippen molar-refractivity contribution in [1.82, 2.24) is 20.0 Å². The van der Waals surface area contributed by atoms with Crippen LogP contribution < -0.4 is 5.32 Å². The first-order chi connectivity index (χ1) is 14.6. The molecule has 0 bridgehead atoms. The molecule has 0 radical (unpaired) electrons. The zero-order valence-electron chi connectivity index (χ0n) is 17.2. The first kappa shape index (κ1) is 20.6. The molecule has 1 amide bonds. The van der Waals surface area contributed by atoms with Crippen LogP contribution in [0.1, 0.15) is 35.2 Å². The highest BCUT2D eigenvalue weighted by Crippen LogP contribution is 2.29. The van der Waals surface area contributed by atoms with E-state index in [1.807, 2.05) is 37.4 Å². The molecule has 2 aromatic carbocycles. The summed E-state index contributed by atoms with van der Waals surface area (Å²) in [5, 5.41) is 8.23. The fraction of sp³-hybridized carbons (Fsp3) is 0.333. The number of rotatable bonds is 6. The van der Waals surface area contributed by atoms with Gasteiger partial charge in [0.05, 0.1) is 10.6 Å².